The van der Waals surface area contributed by atoms with E-state index in [1.165, 1.54) is 16.9 Å². The van der Waals surface area contributed by atoms with Gasteiger partial charge < -0.3 is 28.7 Å². The van der Waals surface area contributed by atoms with E-state index in [-0.39, 0.29) is 37.1 Å². The number of hydrogen-bond acceptors (Lipinski definition) is 8. The molecule has 2 aromatic carbocycles. The summed E-state index contributed by atoms with van der Waals surface area (Å²) in [6, 6.07) is 17.5. The molecular weight excluding hydrogens is 454 g/mol. The van der Waals surface area contributed by atoms with Crippen LogP contribution in [0.3, 0.4) is 0 Å². The van der Waals surface area contributed by atoms with E-state index in [2.05, 4.69) is 10.4 Å². The van der Waals surface area contributed by atoms with Gasteiger partial charge in [-0.1, -0.05) is 18.2 Å². The third kappa shape index (κ3) is 4.67. The Labute approximate surface area is 200 Å². The number of carbonyl (C=O) groups excluding carboxylic acids is 2. The highest BCUT2D eigenvalue weighted by atomic mass is 16.7. The largest absolute Gasteiger partial charge is 0.486 e. The number of amides is 1. The molecule has 2 aromatic heterocycles. The number of nitrogens with one attached hydrogen (secondary N) is 1. The number of hydrogen-bond donors (Lipinski definition) is 1. The van der Waals surface area contributed by atoms with Crippen LogP contribution in [0.25, 0.3) is 5.69 Å². The van der Waals surface area contributed by atoms with Crippen molar-refractivity contribution in [3.8, 4) is 22.9 Å². The normalized spacial score (nSPS) is 11.8. The number of benzene rings is 2. The first-order chi connectivity index (χ1) is 17.1. The topological polar surface area (TPSA) is 114 Å². The summed E-state index contributed by atoms with van der Waals surface area (Å²) >= 11 is 0. The van der Waals surface area contributed by atoms with E-state index in [0.717, 1.165) is 0 Å². The third-order valence-corrected chi connectivity index (χ3v) is 5.11. The van der Waals surface area contributed by atoms with Crippen molar-refractivity contribution in [3.05, 3.63) is 83.9 Å². The summed E-state index contributed by atoms with van der Waals surface area (Å²) in [5.74, 6) is 1.35. The number of aromatic nitrogens is 2. The van der Waals surface area contributed by atoms with Gasteiger partial charge in [-0.2, -0.15) is 5.10 Å². The Morgan fingerprint density at radius 3 is 2.71 bits per heavy atom. The van der Waals surface area contributed by atoms with Crippen molar-refractivity contribution in [1.29, 1.82) is 0 Å². The van der Waals surface area contributed by atoms with Crippen LogP contribution in [0.15, 0.2) is 71.3 Å². The molecule has 10 nitrogen and oxygen atoms in total. The van der Waals surface area contributed by atoms with Crippen molar-refractivity contribution < 1.29 is 33.0 Å². The number of para-hydroxylation sites is 1. The zero-order valence-electron chi connectivity index (χ0n) is 18.7. The van der Waals surface area contributed by atoms with Crippen molar-refractivity contribution in [3.63, 3.8) is 0 Å². The predicted molar refractivity (Wildman–Crippen MR) is 123 cm³/mol. The van der Waals surface area contributed by atoms with Gasteiger partial charge in [0.05, 0.1) is 18.5 Å². The number of nitrogens with zero attached hydrogens (tertiary/aromatic N) is 2. The molecule has 0 unspecified atom stereocenters. The zero-order valence-corrected chi connectivity index (χ0v) is 18.7. The maximum Gasteiger partial charge on any atom is 0.343 e. The van der Waals surface area contributed by atoms with Crippen molar-refractivity contribution in [2.24, 2.45) is 0 Å². The number of esters is 1. The first kappa shape index (κ1) is 22.1. The maximum atomic E-state index is 13.0. The van der Waals surface area contributed by atoms with Crippen LogP contribution in [-0.2, 0) is 11.3 Å². The fraction of sp³-hybridized carbons (Fsp3) is 0.160. The molecule has 3 heterocycles. The first-order valence-electron chi connectivity index (χ1n) is 10.9. The average Bonchev–Trinajstić information content (AvgIpc) is 3.63. The molecule has 0 atom stereocenters. The molecule has 4 aromatic rings. The molecule has 1 N–H and O–H groups in total. The summed E-state index contributed by atoms with van der Waals surface area (Å²) in [4.78, 5) is 25.4. The molecule has 0 saturated carbocycles. The minimum Gasteiger partial charge on any atom is -0.486 e. The quantitative estimate of drug-likeness (QED) is 0.377. The molecule has 1 aliphatic rings. The van der Waals surface area contributed by atoms with E-state index < -0.39 is 11.9 Å². The molecule has 0 radical (unpaired) electrons. The second-order valence-corrected chi connectivity index (χ2v) is 7.40. The molecule has 178 valence electrons. The van der Waals surface area contributed by atoms with Gasteiger partial charge in [0, 0.05) is 6.07 Å². The number of furan rings is 1. The third-order valence-electron chi connectivity index (χ3n) is 5.11. The maximum absolute atomic E-state index is 13.0. The second-order valence-electron chi connectivity index (χ2n) is 7.40. The van der Waals surface area contributed by atoms with E-state index in [4.69, 9.17) is 23.4 Å². The molecule has 1 aliphatic heterocycles. The SMILES string of the molecule is CCOC(=O)c1cnn(-c2ccccc2)c1NC(=O)c1ccc(COc2ccc3c(c2)OCO3)o1. The van der Waals surface area contributed by atoms with E-state index >= 15 is 0 Å². The average molecular weight is 475 g/mol. The molecule has 0 saturated heterocycles. The van der Waals surface area contributed by atoms with Gasteiger partial charge in [-0.05, 0) is 43.3 Å². The number of anilines is 1. The standard InChI is InChI=1S/C25H21N3O7/c1-2-31-25(30)19-13-26-28(16-6-4-3-5-7-16)23(19)27-24(29)21-11-9-18(35-21)14-32-17-8-10-20-22(12-17)34-15-33-20/h3-13H,2,14-15H2,1H3,(H,27,29). The highest BCUT2D eigenvalue weighted by molar-refractivity contribution is 6.06. The van der Waals surface area contributed by atoms with Crippen LogP contribution >= 0.6 is 0 Å². The van der Waals surface area contributed by atoms with E-state index in [1.54, 1.807) is 43.3 Å². The smallest absolute Gasteiger partial charge is 0.343 e. The molecule has 5 rings (SSSR count). The van der Waals surface area contributed by atoms with Crippen molar-refractivity contribution >= 4 is 17.7 Å². The van der Waals surface area contributed by atoms with E-state index in [1.807, 2.05) is 18.2 Å². The van der Waals surface area contributed by atoms with E-state index in [9.17, 15) is 9.59 Å². The molecule has 0 spiro atoms. The van der Waals surface area contributed by atoms with Crippen LogP contribution in [0.4, 0.5) is 5.82 Å². The lowest BCUT2D eigenvalue weighted by Crippen LogP contribution is -2.17. The fourth-order valence-electron chi connectivity index (χ4n) is 3.46. The van der Waals surface area contributed by atoms with Crippen molar-refractivity contribution in [2.45, 2.75) is 13.5 Å². The summed E-state index contributed by atoms with van der Waals surface area (Å²) < 4.78 is 28.6. The van der Waals surface area contributed by atoms with Gasteiger partial charge in [0.25, 0.3) is 5.91 Å². The lowest BCUT2D eigenvalue weighted by Gasteiger charge is -2.10. The van der Waals surface area contributed by atoms with Crippen LogP contribution < -0.4 is 19.5 Å². The van der Waals surface area contributed by atoms with Crippen LogP contribution in [0, 0.1) is 0 Å². The number of rotatable bonds is 8. The van der Waals surface area contributed by atoms with Gasteiger partial charge in [0.1, 0.15) is 23.7 Å². The molecule has 35 heavy (non-hydrogen) atoms. The van der Waals surface area contributed by atoms with Crippen LogP contribution in [0.5, 0.6) is 17.2 Å². The Bertz CT molecular complexity index is 1360. The van der Waals surface area contributed by atoms with Crippen LogP contribution in [-0.4, -0.2) is 35.1 Å². The number of ether oxygens (including phenoxy) is 4. The van der Waals surface area contributed by atoms with Gasteiger partial charge in [-0.3, -0.25) is 4.79 Å². The van der Waals surface area contributed by atoms with Gasteiger partial charge in [0.2, 0.25) is 6.79 Å². The number of carbonyl (C=O) groups is 2. The fourth-order valence-corrected chi connectivity index (χ4v) is 3.46. The molecule has 0 bridgehead atoms. The molecule has 1 amide bonds. The highest BCUT2D eigenvalue weighted by Crippen LogP contribution is 2.35. The highest BCUT2D eigenvalue weighted by Gasteiger charge is 2.23. The van der Waals surface area contributed by atoms with E-state index in [0.29, 0.717) is 28.7 Å². The minimum absolute atomic E-state index is 0.0462. The van der Waals surface area contributed by atoms with Crippen molar-refractivity contribution in [2.75, 3.05) is 18.7 Å². The lowest BCUT2D eigenvalue weighted by atomic mass is 10.3. The minimum atomic E-state index is -0.595. The Hall–Kier alpha value is -4.73. The molecule has 0 aliphatic carbocycles. The molecular formula is C25H21N3O7. The molecule has 0 fully saturated rings. The predicted octanol–water partition coefficient (Wildman–Crippen LogP) is 4.20. The summed E-state index contributed by atoms with van der Waals surface area (Å²) in [6.45, 7) is 2.17. The summed E-state index contributed by atoms with van der Waals surface area (Å²) in [5, 5.41) is 6.99. The lowest BCUT2D eigenvalue weighted by molar-refractivity contribution is 0.0527. The van der Waals surface area contributed by atoms with Crippen molar-refractivity contribution in [1.82, 2.24) is 9.78 Å². The Morgan fingerprint density at radius 1 is 1.06 bits per heavy atom. The Kier molecular flexibility index (Phi) is 6.08. The zero-order chi connectivity index (χ0) is 24.2. The van der Waals surface area contributed by atoms with Gasteiger partial charge in [-0.15, -0.1) is 0 Å². The van der Waals surface area contributed by atoms with Gasteiger partial charge >= 0.3 is 5.97 Å². The van der Waals surface area contributed by atoms with Gasteiger partial charge in [-0.25, -0.2) is 9.48 Å². The van der Waals surface area contributed by atoms with Crippen LogP contribution in [0.1, 0.15) is 33.6 Å². The summed E-state index contributed by atoms with van der Waals surface area (Å²) in [6.07, 6.45) is 1.35. The van der Waals surface area contributed by atoms with Gasteiger partial charge in [0.15, 0.2) is 23.1 Å². The first-order valence-corrected chi connectivity index (χ1v) is 10.9. The summed E-state index contributed by atoms with van der Waals surface area (Å²) in [5.41, 5.74) is 0.789. The molecule has 10 heteroatoms. The summed E-state index contributed by atoms with van der Waals surface area (Å²) in [7, 11) is 0. The monoisotopic (exact) mass is 475 g/mol. The Morgan fingerprint density at radius 2 is 1.89 bits per heavy atom. The number of fused-ring (bicyclic) bond motifs is 1. The van der Waals surface area contributed by atoms with Crippen LogP contribution in [0.2, 0.25) is 0 Å². The Balaban J connectivity index is 1.32. The second kappa shape index (κ2) is 9.64.